The number of phenols is 1. The fraction of sp³-hybridized carbons (Fsp3) is 0.441. The summed E-state index contributed by atoms with van der Waals surface area (Å²) in [5.74, 6) is -2.97. The van der Waals surface area contributed by atoms with Gasteiger partial charge in [0, 0.05) is 24.9 Å². The van der Waals surface area contributed by atoms with Crippen molar-refractivity contribution in [3.05, 3.63) is 53.3 Å². The van der Waals surface area contributed by atoms with Crippen LogP contribution in [0.15, 0.2) is 30.3 Å². The van der Waals surface area contributed by atoms with Crippen LogP contribution >= 0.6 is 0 Å². The molecule has 4 atom stereocenters. The molecule has 0 unspecified atom stereocenters. The van der Waals surface area contributed by atoms with Crippen LogP contribution in [-0.4, -0.2) is 76.5 Å². The number of alkyl halides is 1. The van der Waals surface area contributed by atoms with Crippen molar-refractivity contribution in [2.45, 2.75) is 56.8 Å². The molecule has 4 aliphatic heterocycles. The molecule has 4 fully saturated rings. The Kier molecular flexibility index (Phi) is 6.79. The number of esters is 1. The number of ether oxygens (including phenoxy) is 2. The lowest BCUT2D eigenvalue weighted by molar-refractivity contribution is -0.185. The van der Waals surface area contributed by atoms with Crippen LogP contribution in [0.1, 0.15) is 38.2 Å². The van der Waals surface area contributed by atoms with Crippen molar-refractivity contribution in [1.82, 2.24) is 14.9 Å². The Balaban J connectivity index is 1.29. The number of aromatic nitrogens is 2. The summed E-state index contributed by atoms with van der Waals surface area (Å²) in [4.78, 5) is 24.8. The van der Waals surface area contributed by atoms with Crippen molar-refractivity contribution in [1.29, 1.82) is 0 Å². The first-order valence-corrected chi connectivity index (χ1v) is 15.8. The van der Waals surface area contributed by atoms with Gasteiger partial charge in [0.05, 0.1) is 23.6 Å². The summed E-state index contributed by atoms with van der Waals surface area (Å²) in [5, 5.41) is 11.4. The summed E-state index contributed by atoms with van der Waals surface area (Å²) < 4.78 is 73.9. The van der Waals surface area contributed by atoms with Crippen molar-refractivity contribution in [2.24, 2.45) is 5.92 Å². The highest BCUT2D eigenvalue weighted by atomic mass is 19.1. The van der Waals surface area contributed by atoms with Gasteiger partial charge in [-0.3, -0.25) is 9.69 Å². The number of piperidine rings is 1. The van der Waals surface area contributed by atoms with E-state index in [2.05, 4.69) is 14.9 Å². The predicted molar refractivity (Wildman–Crippen MR) is 162 cm³/mol. The molecule has 8 rings (SSSR count). The molecule has 0 saturated carbocycles. The van der Waals surface area contributed by atoms with E-state index in [1.54, 1.807) is 6.92 Å². The van der Waals surface area contributed by atoms with E-state index < -0.39 is 34.7 Å². The van der Waals surface area contributed by atoms with Crippen LogP contribution < -0.4 is 9.64 Å². The average molecular weight is 637 g/mol. The second-order valence-corrected chi connectivity index (χ2v) is 12.9. The Bertz CT molecular complexity index is 1920. The molecule has 0 radical (unpaired) electrons. The summed E-state index contributed by atoms with van der Waals surface area (Å²) in [6.45, 7) is 3.62. The van der Waals surface area contributed by atoms with Crippen LogP contribution in [-0.2, 0) is 16.0 Å². The second kappa shape index (κ2) is 10.7. The highest BCUT2D eigenvalue weighted by Gasteiger charge is 2.50. The molecular weight excluding hydrogens is 604 g/mol. The fourth-order valence-corrected chi connectivity index (χ4v) is 8.06. The van der Waals surface area contributed by atoms with Gasteiger partial charge in [-0.25, -0.2) is 17.6 Å². The molecule has 0 spiro atoms. The number of carbonyl (C=O) groups excluding carboxylic acids is 1. The molecule has 1 N–H and O–H groups in total. The first kappa shape index (κ1) is 29.2. The van der Waals surface area contributed by atoms with Gasteiger partial charge >= 0.3 is 12.0 Å². The maximum absolute atomic E-state index is 16.8. The SMILES string of the molecule is CCc1c(F)ccc2cc(O)cc(-c3c(F)cc4c(N5CC[C@H]6C(=O)O[C@H]6C5)nc(OC[C@@]56CCCN5C[C@H](F)C6)nc4c3F)c12. The summed E-state index contributed by atoms with van der Waals surface area (Å²) in [6.07, 6.45) is 1.38. The van der Waals surface area contributed by atoms with E-state index >= 15 is 8.78 Å². The van der Waals surface area contributed by atoms with E-state index in [0.717, 1.165) is 25.5 Å². The van der Waals surface area contributed by atoms with Gasteiger partial charge in [-0.05, 0) is 78.4 Å². The van der Waals surface area contributed by atoms with Gasteiger partial charge in [-0.1, -0.05) is 13.0 Å². The number of nitrogens with zero attached hydrogens (tertiary/aromatic N) is 4. The summed E-state index contributed by atoms with van der Waals surface area (Å²) >= 11 is 0. The monoisotopic (exact) mass is 636 g/mol. The lowest BCUT2D eigenvalue weighted by atomic mass is 9.89. The van der Waals surface area contributed by atoms with E-state index in [1.807, 2.05) is 4.90 Å². The first-order valence-electron chi connectivity index (χ1n) is 15.8. The molecule has 46 heavy (non-hydrogen) atoms. The highest BCUT2D eigenvalue weighted by Crippen LogP contribution is 2.44. The molecule has 0 amide bonds. The Hall–Kier alpha value is -4.19. The van der Waals surface area contributed by atoms with Crippen LogP contribution in [0, 0.1) is 23.4 Å². The molecular formula is C34H32F4N4O4. The molecule has 3 aromatic carbocycles. The predicted octanol–water partition coefficient (Wildman–Crippen LogP) is 5.84. The van der Waals surface area contributed by atoms with Crippen LogP contribution in [0.25, 0.3) is 32.8 Å². The molecule has 240 valence electrons. The minimum Gasteiger partial charge on any atom is -0.508 e. The molecule has 4 aromatic rings. The van der Waals surface area contributed by atoms with Gasteiger partial charge in [-0.2, -0.15) is 9.97 Å². The number of rotatable bonds is 6. The van der Waals surface area contributed by atoms with Crippen molar-refractivity contribution in [3.63, 3.8) is 0 Å². The first-order chi connectivity index (χ1) is 22.2. The topological polar surface area (TPSA) is 88.0 Å². The minimum atomic E-state index is -1.02. The van der Waals surface area contributed by atoms with Crippen molar-refractivity contribution < 1.29 is 36.9 Å². The van der Waals surface area contributed by atoms with Crippen molar-refractivity contribution in [2.75, 3.05) is 37.7 Å². The zero-order valence-corrected chi connectivity index (χ0v) is 25.2. The minimum absolute atomic E-state index is 0.00601. The average Bonchev–Trinajstić information content (AvgIpc) is 3.55. The van der Waals surface area contributed by atoms with E-state index in [9.17, 15) is 18.7 Å². The van der Waals surface area contributed by atoms with Crippen LogP contribution in [0.4, 0.5) is 23.4 Å². The zero-order chi connectivity index (χ0) is 31.9. The van der Waals surface area contributed by atoms with E-state index in [-0.39, 0.29) is 77.2 Å². The molecule has 0 aliphatic carbocycles. The molecule has 12 heteroatoms. The number of aromatic hydroxyl groups is 1. The van der Waals surface area contributed by atoms with Crippen LogP contribution in [0.2, 0.25) is 0 Å². The van der Waals surface area contributed by atoms with E-state index in [0.29, 0.717) is 36.7 Å². The van der Waals surface area contributed by atoms with Gasteiger partial charge < -0.3 is 19.5 Å². The third-order valence-corrected chi connectivity index (χ3v) is 10.3. The Morgan fingerprint density at radius 1 is 1.11 bits per heavy atom. The molecule has 4 saturated heterocycles. The number of phenolic OH excluding ortho intramolecular Hbond substituents is 1. The number of aryl methyl sites for hydroxylation is 1. The summed E-state index contributed by atoms with van der Waals surface area (Å²) in [6, 6.07) is 6.39. The van der Waals surface area contributed by atoms with Gasteiger partial charge in [0.2, 0.25) is 0 Å². The Morgan fingerprint density at radius 2 is 1.96 bits per heavy atom. The molecule has 0 bridgehead atoms. The van der Waals surface area contributed by atoms with Gasteiger partial charge in [0.15, 0.2) is 5.82 Å². The summed E-state index contributed by atoms with van der Waals surface area (Å²) in [7, 11) is 0. The van der Waals surface area contributed by atoms with Crippen LogP contribution in [0.3, 0.4) is 0 Å². The number of halogens is 4. The van der Waals surface area contributed by atoms with Crippen LogP contribution in [0.5, 0.6) is 11.8 Å². The Labute approximate surface area is 261 Å². The lowest BCUT2D eigenvalue weighted by Gasteiger charge is -2.44. The maximum Gasteiger partial charge on any atom is 0.319 e. The number of hydrogen-bond donors (Lipinski definition) is 1. The molecule has 8 nitrogen and oxygen atoms in total. The normalized spacial score (nSPS) is 25.9. The number of fused-ring (bicyclic) bond motifs is 4. The number of carbonyl (C=O) groups is 1. The van der Waals surface area contributed by atoms with E-state index in [4.69, 9.17) is 9.47 Å². The maximum atomic E-state index is 16.8. The third-order valence-electron chi connectivity index (χ3n) is 10.3. The number of anilines is 1. The molecule has 4 aliphatic rings. The smallest absolute Gasteiger partial charge is 0.319 e. The van der Waals surface area contributed by atoms with Gasteiger partial charge in [0.1, 0.15) is 47.6 Å². The quantitative estimate of drug-likeness (QED) is 0.209. The van der Waals surface area contributed by atoms with Gasteiger partial charge in [-0.15, -0.1) is 0 Å². The van der Waals surface area contributed by atoms with Gasteiger partial charge in [0.25, 0.3) is 0 Å². The standard InChI is InChI=1S/C34H32F4N4O4/c1-2-20-24(36)5-4-17-10-19(43)11-22(27(17)20)28-25(37)12-23-30(29(28)38)39-33(45-16-34-7-3-8-42(34)14-18(35)13-34)40-31(23)41-9-6-21-26(15-41)46-32(21)44/h4-5,10-12,18,21,26,43H,2-3,6-9,13-16H2,1H3/t18-,21-,26+,34+/m1/s1. The second-order valence-electron chi connectivity index (χ2n) is 12.9. The Morgan fingerprint density at radius 3 is 2.74 bits per heavy atom. The highest BCUT2D eigenvalue weighted by molar-refractivity contribution is 6.03. The van der Waals surface area contributed by atoms with Crippen molar-refractivity contribution >= 4 is 33.5 Å². The van der Waals surface area contributed by atoms with Crippen molar-refractivity contribution in [3.8, 4) is 22.9 Å². The summed E-state index contributed by atoms with van der Waals surface area (Å²) in [5.41, 5.74) is -0.934. The zero-order valence-electron chi connectivity index (χ0n) is 25.2. The fourth-order valence-electron chi connectivity index (χ4n) is 8.06. The largest absolute Gasteiger partial charge is 0.508 e. The molecule has 5 heterocycles. The number of hydrogen-bond acceptors (Lipinski definition) is 8. The van der Waals surface area contributed by atoms with E-state index in [1.165, 1.54) is 24.3 Å². The number of benzene rings is 3. The lowest BCUT2D eigenvalue weighted by Crippen LogP contribution is -2.56. The molecule has 1 aromatic heterocycles. The third kappa shape index (κ3) is 4.47.